The first-order chi connectivity index (χ1) is 7.74. The van der Waals surface area contributed by atoms with E-state index >= 15 is 0 Å². The van der Waals surface area contributed by atoms with Crippen LogP contribution in [0.25, 0.3) is 0 Å². The zero-order valence-corrected chi connectivity index (χ0v) is 10.7. The van der Waals surface area contributed by atoms with Crippen LogP contribution in [0, 0.1) is 18.3 Å². The Morgan fingerprint density at radius 2 is 2.06 bits per heavy atom. The van der Waals surface area contributed by atoms with Crippen LogP contribution in [0.15, 0.2) is 0 Å². The molecule has 0 bridgehead atoms. The van der Waals surface area contributed by atoms with E-state index in [1.165, 1.54) is 43.6 Å². The number of aromatic nitrogens is 1. The second kappa shape index (κ2) is 4.84. The zero-order chi connectivity index (χ0) is 11.5. The minimum Gasteiger partial charge on any atom is -0.361 e. The molecule has 86 valence electrons. The minimum atomic E-state index is 0.598. The van der Waals surface area contributed by atoms with Crippen LogP contribution in [0.1, 0.15) is 43.4 Å². The lowest BCUT2D eigenvalue weighted by atomic mass is 9.94. The van der Waals surface area contributed by atoms with Gasteiger partial charge in [-0.3, -0.25) is 0 Å². The van der Waals surface area contributed by atoms with Crippen molar-refractivity contribution in [3.8, 4) is 6.07 Å². The summed E-state index contributed by atoms with van der Waals surface area (Å²) >= 11 is 1.46. The molecule has 0 aliphatic heterocycles. The predicted octanol–water partition coefficient (Wildman–Crippen LogP) is 3.09. The zero-order valence-electron chi connectivity index (χ0n) is 9.86. The fourth-order valence-corrected chi connectivity index (χ4v) is 3.24. The van der Waals surface area contributed by atoms with Crippen LogP contribution >= 0.6 is 11.5 Å². The molecule has 0 spiro atoms. The molecule has 16 heavy (non-hydrogen) atoms. The smallest absolute Gasteiger partial charge is 0.130 e. The van der Waals surface area contributed by atoms with Gasteiger partial charge in [0.2, 0.25) is 0 Å². The van der Waals surface area contributed by atoms with E-state index in [2.05, 4.69) is 22.4 Å². The monoisotopic (exact) mass is 235 g/mol. The van der Waals surface area contributed by atoms with Gasteiger partial charge in [0, 0.05) is 13.1 Å². The normalized spacial score (nSPS) is 17.1. The predicted molar refractivity (Wildman–Crippen MR) is 66.8 cm³/mol. The summed E-state index contributed by atoms with van der Waals surface area (Å²) in [6, 6.07) is 2.87. The largest absolute Gasteiger partial charge is 0.361 e. The van der Waals surface area contributed by atoms with Crippen LogP contribution in [0.5, 0.6) is 0 Å². The molecule has 1 aromatic rings. The van der Waals surface area contributed by atoms with Gasteiger partial charge in [-0.25, -0.2) is 0 Å². The molecule has 1 aliphatic carbocycles. The Kier molecular flexibility index (Phi) is 3.45. The Morgan fingerprint density at radius 1 is 1.38 bits per heavy atom. The molecule has 0 saturated heterocycles. The molecule has 0 amide bonds. The third kappa shape index (κ3) is 2.05. The second-order valence-electron chi connectivity index (χ2n) is 4.46. The summed E-state index contributed by atoms with van der Waals surface area (Å²) in [5.74, 6) is 0. The SMILES string of the molecule is Cc1nsc(N(C)C2CCCCC2)c1C#N. The van der Waals surface area contributed by atoms with Crippen molar-refractivity contribution in [1.29, 1.82) is 5.26 Å². The van der Waals surface area contributed by atoms with E-state index in [9.17, 15) is 0 Å². The molecular weight excluding hydrogens is 218 g/mol. The molecule has 1 aromatic heterocycles. The number of anilines is 1. The van der Waals surface area contributed by atoms with Crippen molar-refractivity contribution in [2.75, 3.05) is 11.9 Å². The van der Waals surface area contributed by atoms with E-state index in [1.54, 1.807) is 0 Å². The summed E-state index contributed by atoms with van der Waals surface area (Å²) in [5, 5.41) is 10.2. The summed E-state index contributed by atoms with van der Waals surface area (Å²) in [5.41, 5.74) is 1.63. The number of hydrogen-bond donors (Lipinski definition) is 0. The molecule has 1 fully saturated rings. The maximum Gasteiger partial charge on any atom is 0.130 e. The van der Waals surface area contributed by atoms with Crippen molar-refractivity contribution in [3.05, 3.63) is 11.3 Å². The summed E-state index contributed by atoms with van der Waals surface area (Å²) in [4.78, 5) is 2.27. The molecular formula is C12H17N3S. The highest BCUT2D eigenvalue weighted by atomic mass is 32.1. The lowest BCUT2D eigenvalue weighted by molar-refractivity contribution is 0.428. The molecule has 2 rings (SSSR count). The molecule has 0 atom stereocenters. The Bertz CT molecular complexity index is 399. The fraction of sp³-hybridized carbons (Fsp3) is 0.667. The first-order valence-electron chi connectivity index (χ1n) is 5.83. The van der Waals surface area contributed by atoms with Gasteiger partial charge in [0.05, 0.1) is 5.69 Å². The third-order valence-electron chi connectivity index (χ3n) is 3.40. The minimum absolute atomic E-state index is 0.598. The van der Waals surface area contributed by atoms with Crippen LogP contribution in [0.2, 0.25) is 0 Å². The van der Waals surface area contributed by atoms with E-state index in [4.69, 9.17) is 5.26 Å². The standard InChI is InChI=1S/C12H17N3S/c1-9-11(8-13)12(16-14-9)15(2)10-6-4-3-5-7-10/h10H,3-7H2,1-2H3. The van der Waals surface area contributed by atoms with Gasteiger partial charge in [0.1, 0.15) is 16.6 Å². The van der Waals surface area contributed by atoms with Crippen molar-refractivity contribution in [2.45, 2.75) is 45.1 Å². The first kappa shape index (κ1) is 11.4. The van der Waals surface area contributed by atoms with E-state index in [1.807, 2.05) is 6.92 Å². The number of nitriles is 1. The second-order valence-corrected chi connectivity index (χ2v) is 5.21. The van der Waals surface area contributed by atoms with Gasteiger partial charge in [-0.05, 0) is 31.3 Å². The Morgan fingerprint density at radius 3 is 2.69 bits per heavy atom. The maximum absolute atomic E-state index is 9.13. The van der Waals surface area contributed by atoms with Crippen molar-refractivity contribution in [1.82, 2.24) is 4.37 Å². The highest BCUT2D eigenvalue weighted by Gasteiger charge is 2.22. The van der Waals surface area contributed by atoms with E-state index in [0.717, 1.165) is 16.3 Å². The van der Waals surface area contributed by atoms with Gasteiger partial charge >= 0.3 is 0 Å². The molecule has 1 aliphatic rings. The molecule has 0 N–H and O–H groups in total. The van der Waals surface area contributed by atoms with Gasteiger partial charge in [-0.15, -0.1) is 0 Å². The number of nitrogens with zero attached hydrogens (tertiary/aromatic N) is 3. The lowest BCUT2D eigenvalue weighted by Crippen LogP contribution is -2.33. The molecule has 1 heterocycles. The van der Waals surface area contributed by atoms with Crippen LogP contribution in [-0.2, 0) is 0 Å². The van der Waals surface area contributed by atoms with Gasteiger partial charge < -0.3 is 4.90 Å². The van der Waals surface area contributed by atoms with Gasteiger partial charge in [0.25, 0.3) is 0 Å². The quantitative estimate of drug-likeness (QED) is 0.790. The first-order valence-corrected chi connectivity index (χ1v) is 6.60. The Hall–Kier alpha value is -1.08. The molecule has 0 radical (unpaired) electrons. The fourth-order valence-electron chi connectivity index (χ4n) is 2.36. The number of aryl methyl sites for hydroxylation is 1. The molecule has 3 nitrogen and oxygen atoms in total. The van der Waals surface area contributed by atoms with E-state index in [-0.39, 0.29) is 0 Å². The maximum atomic E-state index is 9.13. The average Bonchev–Trinajstić information content (AvgIpc) is 2.70. The summed E-state index contributed by atoms with van der Waals surface area (Å²) in [7, 11) is 2.10. The van der Waals surface area contributed by atoms with Crippen LogP contribution < -0.4 is 4.90 Å². The van der Waals surface area contributed by atoms with Gasteiger partial charge in [-0.2, -0.15) is 9.64 Å². The topological polar surface area (TPSA) is 39.9 Å². The third-order valence-corrected chi connectivity index (χ3v) is 4.43. The van der Waals surface area contributed by atoms with E-state index < -0.39 is 0 Å². The molecule has 0 unspecified atom stereocenters. The van der Waals surface area contributed by atoms with E-state index in [0.29, 0.717) is 6.04 Å². The lowest BCUT2D eigenvalue weighted by Gasteiger charge is -2.31. The molecule has 1 saturated carbocycles. The van der Waals surface area contributed by atoms with Gasteiger partial charge in [-0.1, -0.05) is 19.3 Å². The number of hydrogen-bond acceptors (Lipinski definition) is 4. The summed E-state index contributed by atoms with van der Waals surface area (Å²) in [6.45, 7) is 1.91. The Balaban J connectivity index is 2.19. The van der Waals surface area contributed by atoms with Crippen LogP contribution in [0.4, 0.5) is 5.00 Å². The van der Waals surface area contributed by atoms with Crippen molar-refractivity contribution in [3.63, 3.8) is 0 Å². The highest BCUT2D eigenvalue weighted by molar-refractivity contribution is 7.10. The molecule has 4 heteroatoms. The van der Waals surface area contributed by atoms with Gasteiger partial charge in [0.15, 0.2) is 0 Å². The van der Waals surface area contributed by atoms with Crippen molar-refractivity contribution in [2.24, 2.45) is 0 Å². The molecule has 0 aromatic carbocycles. The average molecular weight is 235 g/mol. The highest BCUT2D eigenvalue weighted by Crippen LogP contribution is 2.32. The van der Waals surface area contributed by atoms with Crippen LogP contribution in [-0.4, -0.2) is 17.5 Å². The van der Waals surface area contributed by atoms with Crippen molar-refractivity contribution >= 4 is 16.5 Å². The summed E-state index contributed by atoms with van der Waals surface area (Å²) in [6.07, 6.45) is 6.48. The number of rotatable bonds is 2. The summed E-state index contributed by atoms with van der Waals surface area (Å²) < 4.78 is 4.28. The Labute approximate surface area is 101 Å². The van der Waals surface area contributed by atoms with Crippen LogP contribution in [0.3, 0.4) is 0 Å². The van der Waals surface area contributed by atoms with Crippen molar-refractivity contribution < 1.29 is 0 Å².